The molecule has 6 heteroatoms. The van der Waals surface area contributed by atoms with Gasteiger partial charge in [-0.2, -0.15) is 0 Å². The average Bonchev–Trinajstić information content (AvgIpc) is 2.32. The highest BCUT2D eigenvalue weighted by Crippen LogP contribution is 2.45. The Labute approximate surface area is 114 Å². The molecular weight excluding hydrogens is 279 g/mol. The highest BCUT2D eigenvalue weighted by molar-refractivity contribution is 6.38. The van der Waals surface area contributed by atoms with Crippen molar-refractivity contribution < 1.29 is 19.4 Å². The Morgan fingerprint density at radius 3 is 2.67 bits per heavy atom. The zero-order valence-electron chi connectivity index (χ0n) is 9.87. The van der Waals surface area contributed by atoms with Crippen molar-refractivity contribution in [2.45, 2.75) is 18.6 Å². The summed E-state index contributed by atoms with van der Waals surface area (Å²) in [5.74, 6) is -0.558. The van der Waals surface area contributed by atoms with E-state index in [9.17, 15) is 9.90 Å². The minimum absolute atomic E-state index is 0.152. The lowest BCUT2D eigenvalue weighted by molar-refractivity contribution is -0.231. The maximum Gasteiger partial charge on any atom is 0.339 e. The van der Waals surface area contributed by atoms with Gasteiger partial charge in [0.15, 0.2) is 0 Å². The Morgan fingerprint density at radius 2 is 2.22 bits per heavy atom. The van der Waals surface area contributed by atoms with Gasteiger partial charge in [-0.1, -0.05) is 23.2 Å². The predicted molar refractivity (Wildman–Crippen MR) is 67.1 cm³/mol. The maximum absolute atomic E-state index is 11.5. The molecule has 2 atom stereocenters. The Balaban J connectivity index is 2.50. The van der Waals surface area contributed by atoms with Gasteiger partial charge in [-0.3, -0.25) is 0 Å². The van der Waals surface area contributed by atoms with Crippen molar-refractivity contribution >= 4 is 29.2 Å². The van der Waals surface area contributed by atoms with Crippen LogP contribution in [0, 0.1) is 0 Å². The Bertz CT molecular complexity index is 499. The van der Waals surface area contributed by atoms with Crippen LogP contribution in [0.1, 0.15) is 28.9 Å². The average molecular weight is 291 g/mol. The van der Waals surface area contributed by atoms with Gasteiger partial charge in [0, 0.05) is 10.6 Å². The van der Waals surface area contributed by atoms with Gasteiger partial charge in [0.05, 0.1) is 24.3 Å². The summed E-state index contributed by atoms with van der Waals surface area (Å²) in [6, 6.07) is 3.01. The minimum Gasteiger partial charge on any atom is -0.465 e. The first kappa shape index (κ1) is 13.6. The lowest BCUT2D eigenvalue weighted by Gasteiger charge is -2.43. The molecule has 2 unspecified atom stereocenters. The molecule has 0 bridgehead atoms. The molecule has 1 aromatic rings. The zero-order valence-corrected chi connectivity index (χ0v) is 11.4. The van der Waals surface area contributed by atoms with E-state index in [1.807, 2.05) is 0 Å². The Kier molecular flexibility index (Phi) is 3.56. The summed E-state index contributed by atoms with van der Waals surface area (Å²) in [7, 11) is 1.27. The van der Waals surface area contributed by atoms with Crippen LogP contribution in [0.4, 0.5) is 0 Å². The van der Waals surface area contributed by atoms with Crippen molar-refractivity contribution in [3.63, 3.8) is 0 Å². The number of carbonyl (C=O) groups excluding carboxylic acids is 1. The predicted octanol–water partition coefficient (Wildman–Crippen LogP) is 2.60. The third kappa shape index (κ3) is 2.10. The number of aliphatic hydroxyl groups is 1. The van der Waals surface area contributed by atoms with Crippen LogP contribution < -0.4 is 0 Å². The fraction of sp³-hybridized carbons (Fsp3) is 0.417. The molecular formula is C12H12Cl2O4. The summed E-state index contributed by atoms with van der Waals surface area (Å²) in [6.45, 7) is 1.82. The van der Waals surface area contributed by atoms with Gasteiger partial charge in [0.1, 0.15) is 11.7 Å². The summed E-state index contributed by atoms with van der Waals surface area (Å²) in [5, 5.41) is 10.5. The van der Waals surface area contributed by atoms with Crippen LogP contribution in [0.3, 0.4) is 0 Å². The first-order chi connectivity index (χ1) is 8.38. The van der Waals surface area contributed by atoms with Gasteiger partial charge in [0.2, 0.25) is 0 Å². The van der Waals surface area contributed by atoms with Gasteiger partial charge in [-0.05, 0) is 19.1 Å². The normalized spacial score (nSPS) is 26.6. The molecule has 1 fully saturated rings. The molecule has 0 aromatic heterocycles. The molecule has 1 aliphatic heterocycles. The van der Waals surface area contributed by atoms with Crippen LogP contribution in [0.15, 0.2) is 12.1 Å². The number of benzene rings is 1. The highest BCUT2D eigenvalue weighted by atomic mass is 35.5. The molecule has 2 rings (SSSR count). The largest absolute Gasteiger partial charge is 0.465 e. The second-order valence-corrected chi connectivity index (χ2v) is 5.15. The fourth-order valence-corrected chi connectivity index (χ4v) is 2.53. The third-order valence-electron chi connectivity index (χ3n) is 2.90. The lowest BCUT2D eigenvalue weighted by atomic mass is 9.88. The van der Waals surface area contributed by atoms with E-state index in [1.54, 1.807) is 6.92 Å². The Hall–Kier alpha value is -0.810. The molecule has 1 saturated heterocycles. The first-order valence-corrected chi connectivity index (χ1v) is 6.04. The van der Waals surface area contributed by atoms with Crippen LogP contribution in [-0.4, -0.2) is 30.4 Å². The van der Waals surface area contributed by atoms with Gasteiger partial charge < -0.3 is 14.6 Å². The van der Waals surface area contributed by atoms with Crippen LogP contribution in [0.5, 0.6) is 0 Å². The van der Waals surface area contributed by atoms with Crippen molar-refractivity contribution in [1.29, 1.82) is 0 Å². The zero-order chi connectivity index (χ0) is 13.5. The van der Waals surface area contributed by atoms with E-state index in [0.29, 0.717) is 10.6 Å². The number of hydrogen-bond acceptors (Lipinski definition) is 4. The number of esters is 1. The van der Waals surface area contributed by atoms with Crippen LogP contribution in [-0.2, 0) is 9.47 Å². The third-order valence-corrected chi connectivity index (χ3v) is 3.64. The summed E-state index contributed by atoms with van der Waals surface area (Å²) < 4.78 is 9.92. The monoisotopic (exact) mass is 290 g/mol. The van der Waals surface area contributed by atoms with Crippen molar-refractivity contribution in [2.24, 2.45) is 0 Å². The van der Waals surface area contributed by atoms with E-state index in [-0.39, 0.29) is 17.2 Å². The van der Waals surface area contributed by atoms with Crippen molar-refractivity contribution in [1.82, 2.24) is 0 Å². The molecule has 18 heavy (non-hydrogen) atoms. The summed E-state index contributed by atoms with van der Waals surface area (Å²) in [6.07, 6.45) is -0.637. The number of ether oxygens (including phenoxy) is 2. The highest BCUT2D eigenvalue weighted by Gasteiger charge is 2.46. The van der Waals surface area contributed by atoms with E-state index in [0.717, 1.165) is 0 Å². The molecule has 1 aromatic carbocycles. The summed E-state index contributed by atoms with van der Waals surface area (Å²) in [5.41, 5.74) is -0.426. The lowest BCUT2D eigenvalue weighted by Crippen LogP contribution is -2.49. The first-order valence-electron chi connectivity index (χ1n) is 5.28. The molecule has 0 radical (unpaired) electrons. The molecule has 1 N–H and O–H groups in total. The second kappa shape index (κ2) is 4.70. The molecule has 0 amide bonds. The van der Waals surface area contributed by atoms with Crippen LogP contribution >= 0.6 is 23.2 Å². The number of carbonyl (C=O) groups is 1. The molecule has 1 heterocycles. The fourth-order valence-electron chi connectivity index (χ4n) is 1.88. The SMILES string of the molecule is COC(=O)c1ccc(Cl)c(C2OCC2(C)O)c1Cl. The minimum atomic E-state index is -1.04. The number of halogens is 2. The molecule has 4 nitrogen and oxygen atoms in total. The van der Waals surface area contributed by atoms with Crippen molar-refractivity contribution in [3.8, 4) is 0 Å². The van der Waals surface area contributed by atoms with E-state index >= 15 is 0 Å². The number of hydrogen-bond donors (Lipinski definition) is 1. The van der Waals surface area contributed by atoms with E-state index in [2.05, 4.69) is 4.74 Å². The van der Waals surface area contributed by atoms with E-state index in [1.165, 1.54) is 19.2 Å². The van der Waals surface area contributed by atoms with E-state index in [4.69, 9.17) is 27.9 Å². The van der Waals surface area contributed by atoms with Gasteiger partial charge in [-0.15, -0.1) is 0 Å². The van der Waals surface area contributed by atoms with Crippen LogP contribution in [0.25, 0.3) is 0 Å². The molecule has 1 aliphatic rings. The van der Waals surface area contributed by atoms with E-state index < -0.39 is 17.7 Å². The topological polar surface area (TPSA) is 55.8 Å². The molecule has 98 valence electrons. The molecule has 0 aliphatic carbocycles. The van der Waals surface area contributed by atoms with Crippen molar-refractivity contribution in [3.05, 3.63) is 33.3 Å². The van der Waals surface area contributed by atoms with Gasteiger partial charge in [-0.25, -0.2) is 4.79 Å². The Morgan fingerprint density at radius 1 is 1.56 bits per heavy atom. The summed E-state index contributed by atoms with van der Waals surface area (Å²) in [4.78, 5) is 11.5. The summed E-state index contributed by atoms with van der Waals surface area (Å²) >= 11 is 12.2. The maximum atomic E-state index is 11.5. The molecule has 0 spiro atoms. The smallest absolute Gasteiger partial charge is 0.339 e. The second-order valence-electron chi connectivity index (χ2n) is 4.36. The molecule has 0 saturated carbocycles. The number of methoxy groups -OCH3 is 1. The van der Waals surface area contributed by atoms with Gasteiger partial charge >= 0.3 is 5.97 Å². The van der Waals surface area contributed by atoms with Crippen LogP contribution in [0.2, 0.25) is 10.0 Å². The quantitative estimate of drug-likeness (QED) is 0.851. The standard InChI is InChI=1S/C12H12Cl2O4/c1-12(16)5-18-10(12)8-7(13)4-3-6(9(8)14)11(15)17-2/h3-4,10,16H,5H2,1-2H3. The number of rotatable bonds is 2. The van der Waals surface area contributed by atoms with Gasteiger partial charge in [0.25, 0.3) is 0 Å². The van der Waals surface area contributed by atoms with Crippen molar-refractivity contribution in [2.75, 3.05) is 13.7 Å².